The normalized spacial score (nSPS) is 11.8. The van der Waals surface area contributed by atoms with Gasteiger partial charge in [-0.2, -0.15) is 11.3 Å². The average molecular weight is 396 g/mol. The van der Waals surface area contributed by atoms with E-state index in [1.165, 1.54) is 0 Å². The van der Waals surface area contributed by atoms with Gasteiger partial charge in [-0.25, -0.2) is 4.98 Å². The van der Waals surface area contributed by atoms with Crippen LogP contribution in [0, 0.1) is 0 Å². The summed E-state index contributed by atoms with van der Waals surface area (Å²) in [6.45, 7) is 4.55. The van der Waals surface area contributed by atoms with Crippen molar-refractivity contribution in [3.63, 3.8) is 0 Å². The van der Waals surface area contributed by atoms with Gasteiger partial charge in [0, 0.05) is 24.6 Å². The fourth-order valence-electron chi connectivity index (χ4n) is 2.78. The highest BCUT2D eigenvalue weighted by Gasteiger charge is 2.09. The molecule has 0 spiro atoms. The number of anilines is 1. The lowest BCUT2D eigenvalue weighted by molar-refractivity contribution is -0.121. The summed E-state index contributed by atoms with van der Waals surface area (Å²) in [5.41, 5.74) is 3.77. The summed E-state index contributed by atoms with van der Waals surface area (Å²) in [5, 5.41) is 20.2. The molecule has 1 aromatic carbocycles. The van der Waals surface area contributed by atoms with Gasteiger partial charge in [-0.15, -0.1) is 0 Å². The largest absolute Gasteiger partial charge is 0.508 e. The molecule has 0 radical (unpaired) electrons. The number of thiophene rings is 1. The number of hydrogen-bond donors (Lipinski definition) is 3. The number of hydrogen-bond acceptors (Lipinski definition) is 5. The van der Waals surface area contributed by atoms with Gasteiger partial charge in [0.2, 0.25) is 5.91 Å². The maximum Gasteiger partial charge on any atom is 0.221 e. The van der Waals surface area contributed by atoms with Gasteiger partial charge in [0.1, 0.15) is 11.6 Å². The number of phenols is 1. The number of aromatic nitrogens is 1. The fourth-order valence-corrected chi connectivity index (χ4v) is 3.45. The van der Waals surface area contributed by atoms with Crippen LogP contribution < -0.4 is 10.6 Å². The zero-order valence-corrected chi connectivity index (χ0v) is 16.9. The van der Waals surface area contributed by atoms with E-state index in [1.54, 1.807) is 29.5 Å². The average Bonchev–Trinajstić information content (AvgIpc) is 3.22. The third-order valence-corrected chi connectivity index (χ3v) is 5.18. The first-order valence-electron chi connectivity index (χ1n) is 9.42. The van der Waals surface area contributed by atoms with Gasteiger partial charge in [0.15, 0.2) is 0 Å². The van der Waals surface area contributed by atoms with Gasteiger partial charge in [0.05, 0.1) is 5.69 Å². The number of nitrogens with zero attached hydrogens (tertiary/aromatic N) is 1. The van der Waals surface area contributed by atoms with Gasteiger partial charge < -0.3 is 15.7 Å². The van der Waals surface area contributed by atoms with Crippen LogP contribution in [0.25, 0.3) is 22.4 Å². The van der Waals surface area contributed by atoms with Crippen molar-refractivity contribution < 1.29 is 9.90 Å². The molecule has 2 aromatic heterocycles. The third kappa shape index (κ3) is 5.33. The maximum atomic E-state index is 12.0. The summed E-state index contributed by atoms with van der Waals surface area (Å²) in [6, 6.07) is 13.3. The molecule has 0 saturated carbocycles. The van der Waals surface area contributed by atoms with Crippen LogP contribution in [0.4, 0.5) is 5.82 Å². The number of phenolic OH excluding ortho intramolecular Hbond substituents is 1. The quantitative estimate of drug-likeness (QED) is 0.507. The van der Waals surface area contributed by atoms with Crippen molar-refractivity contribution in [2.45, 2.75) is 32.7 Å². The molecule has 146 valence electrons. The number of aromatic hydroxyl groups is 1. The summed E-state index contributed by atoms with van der Waals surface area (Å²) >= 11 is 1.64. The van der Waals surface area contributed by atoms with E-state index in [2.05, 4.69) is 27.1 Å². The SMILES string of the molecule is CCC(C)NC(=O)CCNc1cc(-c2ccsc2)cc(-c2cccc(O)c2)n1. The first kappa shape index (κ1) is 19.9. The number of benzene rings is 1. The molecule has 0 aliphatic rings. The van der Waals surface area contributed by atoms with E-state index in [4.69, 9.17) is 0 Å². The zero-order valence-electron chi connectivity index (χ0n) is 16.1. The highest BCUT2D eigenvalue weighted by atomic mass is 32.1. The Morgan fingerprint density at radius 2 is 2.04 bits per heavy atom. The van der Waals surface area contributed by atoms with E-state index in [0.29, 0.717) is 18.8 Å². The molecule has 0 bridgehead atoms. The second kappa shape index (κ2) is 9.37. The minimum Gasteiger partial charge on any atom is -0.508 e. The second-order valence-electron chi connectivity index (χ2n) is 6.74. The molecule has 0 saturated heterocycles. The van der Waals surface area contributed by atoms with Crippen molar-refractivity contribution in [1.82, 2.24) is 10.3 Å². The minimum absolute atomic E-state index is 0.0315. The van der Waals surface area contributed by atoms with Crippen molar-refractivity contribution in [2.24, 2.45) is 0 Å². The lowest BCUT2D eigenvalue weighted by Gasteiger charge is -2.13. The Morgan fingerprint density at radius 3 is 2.75 bits per heavy atom. The molecule has 3 aromatic rings. The molecule has 0 aliphatic heterocycles. The molecule has 6 heteroatoms. The third-order valence-electron chi connectivity index (χ3n) is 4.50. The Balaban J connectivity index is 1.79. The minimum atomic E-state index is 0.0315. The number of amides is 1. The molecule has 1 unspecified atom stereocenters. The molecule has 2 heterocycles. The van der Waals surface area contributed by atoms with Crippen LogP contribution >= 0.6 is 11.3 Å². The smallest absolute Gasteiger partial charge is 0.221 e. The van der Waals surface area contributed by atoms with Gasteiger partial charge in [-0.3, -0.25) is 4.79 Å². The predicted octanol–water partition coefficient (Wildman–Crippen LogP) is 4.90. The molecule has 0 aliphatic carbocycles. The molecule has 1 atom stereocenters. The molecule has 0 fully saturated rings. The molecular weight excluding hydrogens is 370 g/mol. The first-order valence-corrected chi connectivity index (χ1v) is 10.4. The van der Waals surface area contributed by atoms with Crippen LogP contribution in [0.15, 0.2) is 53.2 Å². The Hall–Kier alpha value is -2.86. The Morgan fingerprint density at radius 1 is 1.18 bits per heavy atom. The van der Waals surface area contributed by atoms with E-state index >= 15 is 0 Å². The van der Waals surface area contributed by atoms with E-state index in [0.717, 1.165) is 28.8 Å². The van der Waals surface area contributed by atoms with Crippen molar-refractivity contribution >= 4 is 23.1 Å². The molecule has 3 rings (SSSR count). The monoisotopic (exact) mass is 395 g/mol. The van der Waals surface area contributed by atoms with Crippen molar-refractivity contribution in [3.8, 4) is 28.1 Å². The number of nitrogens with one attached hydrogen (secondary N) is 2. The molecule has 3 N–H and O–H groups in total. The van der Waals surface area contributed by atoms with Crippen LogP contribution in [0.1, 0.15) is 26.7 Å². The van der Waals surface area contributed by atoms with E-state index in [9.17, 15) is 9.90 Å². The summed E-state index contributed by atoms with van der Waals surface area (Å²) < 4.78 is 0. The van der Waals surface area contributed by atoms with Gasteiger partial charge in [-0.1, -0.05) is 19.1 Å². The van der Waals surface area contributed by atoms with Crippen molar-refractivity contribution in [1.29, 1.82) is 0 Å². The lowest BCUT2D eigenvalue weighted by Crippen LogP contribution is -2.33. The molecule has 1 amide bonds. The Kier molecular flexibility index (Phi) is 6.66. The number of carbonyl (C=O) groups excluding carboxylic acids is 1. The highest BCUT2D eigenvalue weighted by Crippen LogP contribution is 2.30. The highest BCUT2D eigenvalue weighted by molar-refractivity contribution is 7.08. The zero-order chi connectivity index (χ0) is 19.9. The first-order chi connectivity index (χ1) is 13.5. The van der Waals surface area contributed by atoms with E-state index in [1.807, 2.05) is 37.4 Å². The van der Waals surface area contributed by atoms with Crippen LogP contribution in [0.3, 0.4) is 0 Å². The predicted molar refractivity (Wildman–Crippen MR) is 116 cm³/mol. The molecule has 5 nitrogen and oxygen atoms in total. The van der Waals surface area contributed by atoms with E-state index in [-0.39, 0.29) is 17.7 Å². The van der Waals surface area contributed by atoms with Crippen LogP contribution in [0.5, 0.6) is 5.75 Å². The fraction of sp³-hybridized carbons (Fsp3) is 0.273. The number of pyridine rings is 1. The Bertz CT molecular complexity index is 925. The number of carbonyl (C=O) groups is 1. The van der Waals surface area contributed by atoms with Gasteiger partial charge in [0.25, 0.3) is 0 Å². The topological polar surface area (TPSA) is 74.2 Å². The molecular formula is C22H25N3O2S. The van der Waals surface area contributed by atoms with Crippen LogP contribution in [-0.2, 0) is 4.79 Å². The Labute approximate surface area is 169 Å². The summed E-state index contributed by atoms with van der Waals surface area (Å²) in [5.74, 6) is 0.943. The van der Waals surface area contributed by atoms with Gasteiger partial charge in [-0.05, 0) is 65.6 Å². The lowest BCUT2D eigenvalue weighted by atomic mass is 10.1. The summed E-state index contributed by atoms with van der Waals surface area (Å²) in [6.07, 6.45) is 1.30. The van der Waals surface area contributed by atoms with Crippen molar-refractivity contribution in [2.75, 3.05) is 11.9 Å². The van der Waals surface area contributed by atoms with Crippen molar-refractivity contribution in [3.05, 3.63) is 53.2 Å². The standard InChI is InChI=1S/C22H25N3O2S/c1-3-15(2)24-22(27)7-9-23-21-13-18(17-8-10-28-14-17)12-20(25-21)16-5-4-6-19(26)11-16/h4-6,8,10-15,26H,3,7,9H2,1-2H3,(H,23,25)(H,24,27). The molecule has 28 heavy (non-hydrogen) atoms. The second-order valence-corrected chi connectivity index (χ2v) is 7.52. The van der Waals surface area contributed by atoms with Crippen LogP contribution in [-0.4, -0.2) is 28.6 Å². The summed E-state index contributed by atoms with van der Waals surface area (Å²) in [7, 11) is 0. The summed E-state index contributed by atoms with van der Waals surface area (Å²) in [4.78, 5) is 16.7. The maximum absolute atomic E-state index is 12.0. The van der Waals surface area contributed by atoms with E-state index < -0.39 is 0 Å². The van der Waals surface area contributed by atoms with Crippen LogP contribution in [0.2, 0.25) is 0 Å². The van der Waals surface area contributed by atoms with Gasteiger partial charge >= 0.3 is 0 Å². The number of rotatable bonds is 8.